The number of β-amino-alcohol motifs (C(OH)–C–C–N with tert-alkyl or cyclic N) is 1. The van der Waals surface area contributed by atoms with Crippen LogP contribution >= 0.6 is 0 Å². The van der Waals surface area contributed by atoms with Gasteiger partial charge >= 0.3 is 0 Å². The van der Waals surface area contributed by atoms with E-state index in [0.717, 1.165) is 43.8 Å². The van der Waals surface area contributed by atoms with Gasteiger partial charge in [0.15, 0.2) is 0 Å². The number of likely N-dealkylation sites (tertiary alicyclic amines) is 1. The molecule has 4 atom stereocenters. The second kappa shape index (κ2) is 8.79. The third kappa shape index (κ3) is 4.74. The fourth-order valence-corrected chi connectivity index (χ4v) is 5.47. The Bertz CT molecular complexity index is 1080. The standard InChI is InChI=1S/C24H26F3N5O/c25-18-1-4-20(5-2-18)30-21-7-16-10-31(11-17(16)8-21)12-24(33,13-32-15-28-14-29-32)22-6-3-19(26)9-23(22)27/h1-6,9,14-17,21,30,33H,7-8,10-13H2/t16-,17+,21?,24?. The number of hydrogen-bond donors (Lipinski definition) is 2. The SMILES string of the molecule is OC(CN1C[C@H]2CC(Nc3ccc(F)cc3)C[C@H]2C1)(Cn1cncn1)c1ccc(F)cc1F. The second-order valence-corrected chi connectivity index (χ2v) is 9.28. The van der Waals surface area contributed by atoms with Crippen molar-refractivity contribution >= 4 is 5.69 Å². The van der Waals surface area contributed by atoms with Crippen LogP contribution in [-0.2, 0) is 12.1 Å². The number of benzene rings is 2. The molecule has 2 aliphatic rings. The van der Waals surface area contributed by atoms with Gasteiger partial charge in [0, 0.05) is 43.0 Å². The zero-order chi connectivity index (χ0) is 23.0. The van der Waals surface area contributed by atoms with E-state index in [2.05, 4.69) is 20.3 Å². The van der Waals surface area contributed by atoms with Gasteiger partial charge in [0.2, 0.25) is 0 Å². The maximum Gasteiger partial charge on any atom is 0.137 e. The van der Waals surface area contributed by atoms with E-state index in [1.165, 1.54) is 35.5 Å². The predicted molar refractivity (Wildman–Crippen MR) is 117 cm³/mol. The lowest BCUT2D eigenvalue weighted by Crippen LogP contribution is -2.44. The number of aromatic nitrogens is 3. The van der Waals surface area contributed by atoms with Crippen LogP contribution in [0.3, 0.4) is 0 Å². The van der Waals surface area contributed by atoms with Gasteiger partial charge in [0.1, 0.15) is 35.7 Å². The quantitative estimate of drug-likeness (QED) is 0.569. The number of anilines is 1. The Hall–Kier alpha value is -2.91. The van der Waals surface area contributed by atoms with E-state index >= 15 is 0 Å². The summed E-state index contributed by atoms with van der Waals surface area (Å²) in [4.78, 5) is 6.06. The van der Waals surface area contributed by atoms with E-state index in [4.69, 9.17) is 0 Å². The normalized spacial score (nSPS) is 24.5. The van der Waals surface area contributed by atoms with Crippen LogP contribution in [0.15, 0.2) is 55.1 Å². The molecular formula is C24H26F3N5O. The molecule has 1 aromatic heterocycles. The second-order valence-electron chi connectivity index (χ2n) is 9.28. The van der Waals surface area contributed by atoms with Gasteiger partial charge in [-0.15, -0.1) is 0 Å². The summed E-state index contributed by atoms with van der Waals surface area (Å²) in [5.41, 5.74) is -0.630. The number of halogens is 3. The summed E-state index contributed by atoms with van der Waals surface area (Å²) in [6.45, 7) is 1.79. The van der Waals surface area contributed by atoms with Crippen LogP contribution in [0.4, 0.5) is 18.9 Å². The Kier molecular flexibility index (Phi) is 5.84. The number of aliphatic hydroxyl groups is 1. The molecule has 3 aromatic rings. The summed E-state index contributed by atoms with van der Waals surface area (Å²) < 4.78 is 42.8. The molecule has 2 unspecified atom stereocenters. The molecule has 1 aliphatic heterocycles. The van der Waals surface area contributed by atoms with Crippen LogP contribution in [0.2, 0.25) is 0 Å². The minimum absolute atomic E-state index is 0.0101. The van der Waals surface area contributed by atoms with Gasteiger partial charge in [0.05, 0.1) is 6.54 Å². The molecule has 1 aliphatic carbocycles. The minimum atomic E-state index is -1.59. The lowest BCUT2D eigenvalue weighted by molar-refractivity contribution is -0.0180. The van der Waals surface area contributed by atoms with Gasteiger partial charge in [-0.2, -0.15) is 5.10 Å². The largest absolute Gasteiger partial charge is 0.382 e. The van der Waals surface area contributed by atoms with Crippen molar-refractivity contribution < 1.29 is 18.3 Å². The average molecular weight is 458 g/mol. The number of nitrogens with zero attached hydrogens (tertiary/aromatic N) is 4. The maximum atomic E-state index is 14.7. The Morgan fingerprint density at radius 2 is 1.67 bits per heavy atom. The molecule has 2 fully saturated rings. The summed E-state index contributed by atoms with van der Waals surface area (Å²) in [6, 6.07) is 9.97. The summed E-state index contributed by atoms with van der Waals surface area (Å²) in [7, 11) is 0. The van der Waals surface area contributed by atoms with E-state index in [1.807, 2.05) is 0 Å². The molecule has 2 aromatic carbocycles. The summed E-state index contributed by atoms with van der Waals surface area (Å²) in [5.74, 6) is -0.806. The molecule has 6 nitrogen and oxygen atoms in total. The Morgan fingerprint density at radius 3 is 2.30 bits per heavy atom. The van der Waals surface area contributed by atoms with E-state index in [0.29, 0.717) is 17.9 Å². The third-order valence-electron chi connectivity index (χ3n) is 6.85. The number of rotatable bonds is 7. The van der Waals surface area contributed by atoms with Gasteiger partial charge in [0.25, 0.3) is 0 Å². The van der Waals surface area contributed by atoms with Crippen molar-refractivity contribution in [1.29, 1.82) is 0 Å². The highest BCUT2D eigenvalue weighted by atomic mass is 19.1. The van der Waals surface area contributed by atoms with Crippen molar-refractivity contribution in [3.63, 3.8) is 0 Å². The first-order valence-corrected chi connectivity index (χ1v) is 11.1. The molecule has 5 rings (SSSR count). The van der Waals surface area contributed by atoms with Crippen LogP contribution in [0.5, 0.6) is 0 Å². The molecule has 0 amide bonds. The summed E-state index contributed by atoms with van der Waals surface area (Å²) in [5, 5.41) is 19.1. The fraction of sp³-hybridized carbons (Fsp3) is 0.417. The van der Waals surface area contributed by atoms with Crippen molar-refractivity contribution in [1.82, 2.24) is 19.7 Å². The highest BCUT2D eigenvalue weighted by molar-refractivity contribution is 5.44. The average Bonchev–Trinajstić information content (AvgIpc) is 3.46. The molecule has 1 saturated heterocycles. The van der Waals surface area contributed by atoms with Gasteiger partial charge in [-0.3, -0.25) is 4.90 Å². The monoisotopic (exact) mass is 457 g/mol. The van der Waals surface area contributed by atoms with Gasteiger partial charge < -0.3 is 10.4 Å². The summed E-state index contributed by atoms with van der Waals surface area (Å²) in [6.07, 6.45) is 4.78. The minimum Gasteiger partial charge on any atom is -0.382 e. The predicted octanol–water partition coefficient (Wildman–Crippen LogP) is 3.41. The maximum absolute atomic E-state index is 14.7. The molecule has 174 valence electrons. The van der Waals surface area contributed by atoms with Crippen LogP contribution in [0.25, 0.3) is 0 Å². The van der Waals surface area contributed by atoms with E-state index < -0.39 is 17.2 Å². The molecule has 0 bridgehead atoms. The lowest BCUT2D eigenvalue weighted by atomic mass is 9.92. The van der Waals surface area contributed by atoms with Crippen LogP contribution in [0, 0.1) is 29.3 Å². The van der Waals surface area contributed by atoms with E-state index in [-0.39, 0.29) is 24.5 Å². The Labute approximate surface area is 190 Å². The molecule has 33 heavy (non-hydrogen) atoms. The highest BCUT2D eigenvalue weighted by Crippen LogP contribution is 2.40. The van der Waals surface area contributed by atoms with E-state index in [1.54, 1.807) is 12.1 Å². The zero-order valence-corrected chi connectivity index (χ0v) is 18.0. The number of fused-ring (bicyclic) bond motifs is 1. The Balaban J connectivity index is 1.27. The van der Waals surface area contributed by atoms with Crippen molar-refractivity contribution in [3.05, 3.63) is 78.1 Å². The molecule has 0 radical (unpaired) electrons. The zero-order valence-electron chi connectivity index (χ0n) is 18.0. The molecule has 9 heteroatoms. The molecular weight excluding hydrogens is 431 g/mol. The van der Waals surface area contributed by atoms with Gasteiger partial charge in [-0.1, -0.05) is 6.07 Å². The van der Waals surface area contributed by atoms with Gasteiger partial charge in [-0.05, 0) is 55.0 Å². The molecule has 1 saturated carbocycles. The first-order chi connectivity index (χ1) is 15.9. The number of nitrogens with one attached hydrogen (secondary N) is 1. The van der Waals surface area contributed by atoms with Gasteiger partial charge in [-0.25, -0.2) is 22.8 Å². The van der Waals surface area contributed by atoms with Crippen LogP contribution in [-0.4, -0.2) is 50.4 Å². The summed E-state index contributed by atoms with van der Waals surface area (Å²) >= 11 is 0. The van der Waals surface area contributed by atoms with Crippen molar-refractivity contribution in [2.24, 2.45) is 11.8 Å². The highest BCUT2D eigenvalue weighted by Gasteiger charge is 2.44. The fourth-order valence-electron chi connectivity index (χ4n) is 5.47. The smallest absolute Gasteiger partial charge is 0.137 e. The van der Waals surface area contributed by atoms with Crippen molar-refractivity contribution in [2.75, 3.05) is 25.0 Å². The molecule has 2 N–H and O–H groups in total. The molecule has 2 heterocycles. The topological polar surface area (TPSA) is 66.2 Å². The van der Waals surface area contributed by atoms with Crippen molar-refractivity contribution in [3.8, 4) is 0 Å². The number of hydrogen-bond acceptors (Lipinski definition) is 5. The van der Waals surface area contributed by atoms with E-state index in [9.17, 15) is 18.3 Å². The Morgan fingerprint density at radius 1 is 0.970 bits per heavy atom. The molecule has 0 spiro atoms. The lowest BCUT2D eigenvalue weighted by Gasteiger charge is -2.33. The first-order valence-electron chi connectivity index (χ1n) is 11.1. The third-order valence-corrected chi connectivity index (χ3v) is 6.85. The first kappa shape index (κ1) is 21.9. The van der Waals surface area contributed by atoms with Crippen LogP contribution in [0.1, 0.15) is 18.4 Å². The van der Waals surface area contributed by atoms with Crippen molar-refractivity contribution in [2.45, 2.75) is 31.0 Å². The van der Waals surface area contributed by atoms with Crippen LogP contribution < -0.4 is 5.32 Å².